The largest absolute Gasteiger partial charge is 0.355 e. The van der Waals surface area contributed by atoms with E-state index >= 15 is 0 Å². The lowest BCUT2D eigenvalue weighted by Crippen LogP contribution is -2.41. The minimum atomic E-state index is -0.808. The van der Waals surface area contributed by atoms with Crippen molar-refractivity contribution in [2.75, 3.05) is 27.2 Å². The summed E-state index contributed by atoms with van der Waals surface area (Å²) in [6.07, 6.45) is 13.5. The number of aryl methyl sites for hydroxylation is 2. The van der Waals surface area contributed by atoms with Gasteiger partial charge in [-0.2, -0.15) is 5.21 Å². The second kappa shape index (κ2) is 13.9. The van der Waals surface area contributed by atoms with E-state index in [0.29, 0.717) is 17.8 Å². The maximum atomic E-state index is 13.3. The number of aromatic nitrogens is 4. The molecule has 2 aliphatic rings. The Hall–Kier alpha value is -4.37. The fraction of sp³-hybridized carbons (Fsp3) is 0.400. The highest BCUT2D eigenvalue weighted by Crippen LogP contribution is 2.50. The number of hydrogen-bond acceptors (Lipinski definition) is 6. The zero-order valence-corrected chi connectivity index (χ0v) is 26.2. The zero-order chi connectivity index (χ0) is 31.1. The SMILES string of the molecule is CCCCN(C)C(=O)CN[C@@H](CC1(c2nn[nH]n2)C2=C(CC=CC=C2)CCc2cc(C(=O)NC)ccc21)c1ccc(C)cc1. The molecule has 0 saturated heterocycles. The number of tetrazole rings is 1. The second-order valence-corrected chi connectivity index (χ2v) is 11.8. The summed E-state index contributed by atoms with van der Waals surface area (Å²) in [5.74, 6) is 0.501. The van der Waals surface area contributed by atoms with Crippen LogP contribution in [0.15, 0.2) is 77.9 Å². The van der Waals surface area contributed by atoms with Gasteiger partial charge < -0.3 is 15.5 Å². The van der Waals surface area contributed by atoms with Gasteiger partial charge in [-0.15, -0.1) is 10.2 Å². The van der Waals surface area contributed by atoms with Gasteiger partial charge in [-0.3, -0.25) is 9.59 Å². The van der Waals surface area contributed by atoms with E-state index in [-0.39, 0.29) is 24.4 Å². The molecule has 0 spiro atoms. The van der Waals surface area contributed by atoms with Crippen LogP contribution in [0.1, 0.15) is 83.5 Å². The van der Waals surface area contributed by atoms with E-state index in [2.05, 4.69) is 99.7 Å². The number of nitrogens with one attached hydrogen (secondary N) is 3. The molecule has 230 valence electrons. The molecular weight excluding hydrogens is 550 g/mol. The minimum absolute atomic E-state index is 0.0547. The Bertz CT molecular complexity index is 1560. The summed E-state index contributed by atoms with van der Waals surface area (Å²) < 4.78 is 0. The fourth-order valence-corrected chi connectivity index (χ4v) is 6.46. The van der Waals surface area contributed by atoms with E-state index in [1.54, 1.807) is 11.9 Å². The van der Waals surface area contributed by atoms with Crippen molar-refractivity contribution in [3.05, 3.63) is 112 Å². The number of benzene rings is 2. The van der Waals surface area contributed by atoms with Gasteiger partial charge in [0.25, 0.3) is 5.91 Å². The van der Waals surface area contributed by atoms with Gasteiger partial charge in [-0.05, 0) is 73.4 Å². The van der Waals surface area contributed by atoms with Crippen LogP contribution >= 0.6 is 0 Å². The van der Waals surface area contributed by atoms with Crippen molar-refractivity contribution in [3.63, 3.8) is 0 Å². The third-order valence-corrected chi connectivity index (χ3v) is 8.96. The molecule has 0 radical (unpaired) electrons. The van der Waals surface area contributed by atoms with Crippen LogP contribution in [0.25, 0.3) is 0 Å². The normalized spacial score (nSPS) is 18.2. The Kier molecular flexibility index (Phi) is 9.85. The van der Waals surface area contributed by atoms with Gasteiger partial charge in [-0.25, -0.2) is 0 Å². The summed E-state index contributed by atoms with van der Waals surface area (Å²) in [7, 11) is 3.52. The van der Waals surface area contributed by atoms with Gasteiger partial charge in [0.05, 0.1) is 12.0 Å². The number of carbonyl (C=O) groups is 2. The molecule has 1 aromatic heterocycles. The van der Waals surface area contributed by atoms with Crippen LogP contribution in [0.4, 0.5) is 0 Å². The lowest BCUT2D eigenvalue weighted by Gasteiger charge is -2.38. The molecule has 44 heavy (non-hydrogen) atoms. The quantitative estimate of drug-likeness (QED) is 0.292. The third kappa shape index (κ3) is 6.43. The van der Waals surface area contributed by atoms with Crippen LogP contribution in [-0.4, -0.2) is 64.5 Å². The average molecular weight is 594 g/mol. The van der Waals surface area contributed by atoms with Crippen molar-refractivity contribution in [1.29, 1.82) is 0 Å². The second-order valence-electron chi connectivity index (χ2n) is 11.8. The molecule has 5 rings (SSSR count). The molecule has 0 saturated carbocycles. The monoisotopic (exact) mass is 593 g/mol. The van der Waals surface area contributed by atoms with Gasteiger partial charge in [0, 0.05) is 32.2 Å². The molecule has 0 aliphatic heterocycles. The predicted octanol–water partition coefficient (Wildman–Crippen LogP) is 4.89. The maximum Gasteiger partial charge on any atom is 0.251 e. The Balaban J connectivity index is 1.67. The number of nitrogens with zero attached hydrogens (tertiary/aromatic N) is 4. The van der Waals surface area contributed by atoms with Crippen molar-refractivity contribution in [2.45, 2.75) is 63.8 Å². The molecule has 2 atom stereocenters. The maximum absolute atomic E-state index is 13.3. The standard InChI is InChI=1S/C35H43N7O2/c1-5-6-20-42(4)32(43)23-37-31(26-14-12-24(2)13-15-26)22-35(34-38-40-41-39-34)29-11-9-7-8-10-25(29)16-17-27-21-28(33(44)36-3)18-19-30(27)35/h7-9,11-15,18-19,21,31,37H,5-6,10,16-17,20,22-23H2,1-4H3,(H,36,44)(H,38,39,40,41)/t31-,35?/m0/s1. The summed E-state index contributed by atoms with van der Waals surface area (Å²) in [5, 5.41) is 22.5. The van der Waals surface area contributed by atoms with E-state index in [1.807, 2.05) is 19.2 Å². The number of amides is 2. The first-order valence-corrected chi connectivity index (χ1v) is 15.6. The molecule has 2 aromatic carbocycles. The number of fused-ring (bicyclic) bond motifs is 1. The van der Waals surface area contributed by atoms with E-state index < -0.39 is 5.41 Å². The summed E-state index contributed by atoms with van der Waals surface area (Å²) in [6, 6.07) is 14.2. The van der Waals surface area contributed by atoms with Gasteiger partial charge in [0.1, 0.15) is 0 Å². The first-order valence-electron chi connectivity index (χ1n) is 15.6. The minimum Gasteiger partial charge on any atom is -0.355 e. The Morgan fingerprint density at radius 1 is 1.11 bits per heavy atom. The van der Waals surface area contributed by atoms with Crippen molar-refractivity contribution in [3.8, 4) is 0 Å². The molecule has 1 unspecified atom stereocenters. The fourth-order valence-electron chi connectivity index (χ4n) is 6.46. The lowest BCUT2D eigenvalue weighted by molar-refractivity contribution is -0.129. The Labute approximate surface area is 259 Å². The molecular formula is C35H43N7O2. The van der Waals surface area contributed by atoms with Crippen LogP contribution in [0.5, 0.6) is 0 Å². The summed E-state index contributed by atoms with van der Waals surface area (Å²) >= 11 is 0. The number of allylic oxidation sites excluding steroid dienone is 6. The Morgan fingerprint density at radius 3 is 2.66 bits per heavy atom. The highest BCUT2D eigenvalue weighted by Gasteiger charge is 2.47. The van der Waals surface area contributed by atoms with Gasteiger partial charge >= 0.3 is 0 Å². The van der Waals surface area contributed by atoms with Crippen LogP contribution < -0.4 is 10.6 Å². The van der Waals surface area contributed by atoms with E-state index in [0.717, 1.165) is 60.9 Å². The van der Waals surface area contributed by atoms with Crippen molar-refractivity contribution in [2.24, 2.45) is 0 Å². The predicted molar refractivity (Wildman–Crippen MR) is 172 cm³/mol. The highest BCUT2D eigenvalue weighted by molar-refractivity contribution is 5.94. The zero-order valence-electron chi connectivity index (χ0n) is 26.2. The third-order valence-electron chi connectivity index (χ3n) is 8.96. The van der Waals surface area contributed by atoms with Crippen molar-refractivity contribution >= 4 is 11.8 Å². The van der Waals surface area contributed by atoms with Gasteiger partial charge in [-0.1, -0.05) is 84.3 Å². The molecule has 2 aliphatic carbocycles. The van der Waals surface area contributed by atoms with Crippen LogP contribution in [0, 0.1) is 6.92 Å². The average Bonchev–Trinajstić information content (AvgIpc) is 3.44. The first kappa shape index (κ1) is 31.1. The summed E-state index contributed by atoms with van der Waals surface area (Å²) in [4.78, 5) is 27.8. The van der Waals surface area contributed by atoms with Crippen LogP contribution in [0.2, 0.25) is 0 Å². The van der Waals surface area contributed by atoms with E-state index in [4.69, 9.17) is 0 Å². The molecule has 3 N–H and O–H groups in total. The number of rotatable bonds is 11. The number of aromatic amines is 1. The topological polar surface area (TPSA) is 116 Å². The number of hydrogen-bond donors (Lipinski definition) is 3. The number of likely N-dealkylation sites (N-methyl/N-ethyl adjacent to an activating group) is 1. The molecule has 0 bridgehead atoms. The first-order chi connectivity index (χ1) is 21.4. The lowest BCUT2D eigenvalue weighted by atomic mass is 9.66. The van der Waals surface area contributed by atoms with Gasteiger partial charge in [0.2, 0.25) is 5.91 Å². The molecule has 9 heteroatoms. The van der Waals surface area contributed by atoms with Crippen LogP contribution in [0.3, 0.4) is 0 Å². The molecule has 9 nitrogen and oxygen atoms in total. The van der Waals surface area contributed by atoms with Crippen molar-refractivity contribution in [1.82, 2.24) is 36.2 Å². The molecule has 3 aromatic rings. The number of unbranched alkanes of at least 4 members (excludes halogenated alkanes) is 1. The molecule has 2 amide bonds. The number of carbonyl (C=O) groups excluding carboxylic acids is 2. The van der Waals surface area contributed by atoms with Crippen molar-refractivity contribution < 1.29 is 9.59 Å². The highest BCUT2D eigenvalue weighted by atomic mass is 16.2. The van der Waals surface area contributed by atoms with E-state index in [9.17, 15) is 9.59 Å². The molecule has 1 heterocycles. The summed E-state index contributed by atoms with van der Waals surface area (Å²) in [6.45, 7) is 5.14. The summed E-state index contributed by atoms with van der Waals surface area (Å²) in [5.41, 5.74) is 6.63. The number of H-pyrrole nitrogens is 1. The van der Waals surface area contributed by atoms with Crippen LogP contribution in [-0.2, 0) is 16.6 Å². The smallest absolute Gasteiger partial charge is 0.251 e. The van der Waals surface area contributed by atoms with E-state index in [1.165, 1.54) is 11.1 Å². The van der Waals surface area contributed by atoms with Gasteiger partial charge in [0.15, 0.2) is 5.82 Å². The molecule has 0 fully saturated rings. The Morgan fingerprint density at radius 2 is 1.93 bits per heavy atom.